The molecule has 0 radical (unpaired) electrons. The number of hydrogen-bond acceptors (Lipinski definition) is 3. The van der Waals surface area contributed by atoms with Crippen LogP contribution in [0.25, 0.3) is 0 Å². The molecule has 0 aromatic rings. The molecular formula is C13H24N2O2. The van der Waals surface area contributed by atoms with Gasteiger partial charge < -0.3 is 9.64 Å². The molecule has 0 aromatic heterocycles. The molecule has 0 N–H and O–H groups in total. The maximum Gasteiger partial charge on any atom is 0.225 e. The van der Waals surface area contributed by atoms with Crippen molar-refractivity contribution in [2.75, 3.05) is 46.4 Å². The molecule has 0 bridgehead atoms. The van der Waals surface area contributed by atoms with E-state index < -0.39 is 0 Å². The average Bonchev–Trinajstić information content (AvgIpc) is 2.90. The second kappa shape index (κ2) is 6.36. The van der Waals surface area contributed by atoms with E-state index in [1.165, 1.54) is 12.8 Å². The van der Waals surface area contributed by atoms with E-state index in [1.807, 2.05) is 0 Å². The minimum absolute atomic E-state index is 0.334. The van der Waals surface area contributed by atoms with Crippen LogP contribution in [0.3, 0.4) is 0 Å². The standard InChI is InChI=1S/C13H24N2O2/c1-17-11-10-14-6-8-15(9-7-14)13(16)12-4-2-3-5-12/h12H,2-11H2,1H3. The van der Waals surface area contributed by atoms with Crippen LogP contribution in [0.1, 0.15) is 25.7 Å². The normalized spacial score (nSPS) is 23.2. The molecule has 2 rings (SSSR count). The van der Waals surface area contributed by atoms with Crippen LogP contribution in [0.15, 0.2) is 0 Å². The molecule has 4 nitrogen and oxygen atoms in total. The summed E-state index contributed by atoms with van der Waals surface area (Å²) >= 11 is 0. The van der Waals surface area contributed by atoms with Gasteiger partial charge in [0.2, 0.25) is 5.91 Å². The van der Waals surface area contributed by atoms with Crippen LogP contribution >= 0.6 is 0 Å². The molecule has 1 amide bonds. The molecule has 2 fully saturated rings. The predicted octanol–water partition coefficient (Wildman–Crippen LogP) is 0.967. The van der Waals surface area contributed by atoms with Crippen LogP contribution in [0.2, 0.25) is 0 Å². The Bertz CT molecular complexity index is 244. The van der Waals surface area contributed by atoms with Gasteiger partial charge in [-0.25, -0.2) is 0 Å². The van der Waals surface area contributed by atoms with E-state index in [-0.39, 0.29) is 0 Å². The summed E-state index contributed by atoms with van der Waals surface area (Å²) in [6.07, 6.45) is 4.71. The van der Waals surface area contributed by atoms with Gasteiger partial charge in [0.25, 0.3) is 0 Å². The molecule has 0 aromatic carbocycles. The Balaban J connectivity index is 1.72. The molecule has 1 heterocycles. The first-order chi connectivity index (χ1) is 8.31. The van der Waals surface area contributed by atoms with Gasteiger partial charge in [0.1, 0.15) is 0 Å². The van der Waals surface area contributed by atoms with E-state index >= 15 is 0 Å². The fraction of sp³-hybridized carbons (Fsp3) is 0.923. The van der Waals surface area contributed by atoms with E-state index in [0.717, 1.165) is 52.2 Å². The molecule has 0 unspecified atom stereocenters. The molecule has 1 aliphatic carbocycles. The monoisotopic (exact) mass is 240 g/mol. The van der Waals surface area contributed by atoms with Crippen molar-refractivity contribution in [1.29, 1.82) is 0 Å². The summed E-state index contributed by atoms with van der Waals surface area (Å²) in [7, 11) is 1.74. The number of carbonyl (C=O) groups excluding carboxylic acids is 1. The Morgan fingerprint density at radius 2 is 1.82 bits per heavy atom. The van der Waals surface area contributed by atoms with E-state index in [4.69, 9.17) is 4.74 Å². The first kappa shape index (κ1) is 12.8. The highest BCUT2D eigenvalue weighted by atomic mass is 16.5. The third kappa shape index (κ3) is 3.42. The van der Waals surface area contributed by atoms with Crippen molar-refractivity contribution in [3.63, 3.8) is 0 Å². The smallest absolute Gasteiger partial charge is 0.225 e. The number of amides is 1. The van der Waals surface area contributed by atoms with Crippen LogP contribution in [0.5, 0.6) is 0 Å². The number of methoxy groups -OCH3 is 1. The fourth-order valence-electron chi connectivity index (χ4n) is 2.84. The lowest BCUT2D eigenvalue weighted by molar-refractivity contribution is -0.137. The largest absolute Gasteiger partial charge is 0.383 e. The predicted molar refractivity (Wildman–Crippen MR) is 66.9 cm³/mol. The Morgan fingerprint density at radius 3 is 2.41 bits per heavy atom. The summed E-state index contributed by atoms with van der Waals surface area (Å²) < 4.78 is 5.08. The van der Waals surface area contributed by atoms with Crippen molar-refractivity contribution in [1.82, 2.24) is 9.80 Å². The van der Waals surface area contributed by atoms with Crippen LogP contribution in [-0.4, -0.2) is 62.1 Å². The maximum atomic E-state index is 12.2. The average molecular weight is 240 g/mol. The van der Waals surface area contributed by atoms with Gasteiger partial charge in [0, 0.05) is 45.8 Å². The van der Waals surface area contributed by atoms with Crippen molar-refractivity contribution >= 4 is 5.91 Å². The number of ether oxygens (including phenoxy) is 1. The van der Waals surface area contributed by atoms with E-state index in [1.54, 1.807) is 7.11 Å². The topological polar surface area (TPSA) is 32.8 Å². The van der Waals surface area contributed by atoms with Crippen molar-refractivity contribution in [3.8, 4) is 0 Å². The van der Waals surface area contributed by atoms with Gasteiger partial charge in [-0.1, -0.05) is 12.8 Å². The molecule has 1 aliphatic heterocycles. The van der Waals surface area contributed by atoms with Crippen LogP contribution in [0, 0.1) is 5.92 Å². The lowest BCUT2D eigenvalue weighted by Crippen LogP contribution is -2.50. The molecule has 17 heavy (non-hydrogen) atoms. The van der Waals surface area contributed by atoms with Crippen LogP contribution in [0.4, 0.5) is 0 Å². The third-order valence-corrected chi connectivity index (χ3v) is 4.00. The highest BCUT2D eigenvalue weighted by molar-refractivity contribution is 5.79. The van der Waals surface area contributed by atoms with Crippen LogP contribution < -0.4 is 0 Å². The molecule has 98 valence electrons. The minimum atomic E-state index is 0.334. The molecular weight excluding hydrogens is 216 g/mol. The second-order valence-electron chi connectivity index (χ2n) is 5.14. The van der Waals surface area contributed by atoms with E-state index in [2.05, 4.69) is 9.80 Å². The van der Waals surface area contributed by atoms with Gasteiger partial charge >= 0.3 is 0 Å². The first-order valence-electron chi connectivity index (χ1n) is 6.81. The van der Waals surface area contributed by atoms with Gasteiger partial charge in [0.05, 0.1) is 6.61 Å². The van der Waals surface area contributed by atoms with Crippen molar-refractivity contribution < 1.29 is 9.53 Å². The van der Waals surface area contributed by atoms with Crippen molar-refractivity contribution in [2.45, 2.75) is 25.7 Å². The summed E-state index contributed by atoms with van der Waals surface area (Å²) in [5.74, 6) is 0.745. The van der Waals surface area contributed by atoms with Gasteiger partial charge in [0.15, 0.2) is 0 Å². The second-order valence-corrected chi connectivity index (χ2v) is 5.14. The Morgan fingerprint density at radius 1 is 1.18 bits per heavy atom. The number of nitrogens with zero attached hydrogens (tertiary/aromatic N) is 2. The van der Waals surface area contributed by atoms with Gasteiger partial charge in [-0.2, -0.15) is 0 Å². The minimum Gasteiger partial charge on any atom is -0.383 e. The Hall–Kier alpha value is -0.610. The quantitative estimate of drug-likeness (QED) is 0.734. The molecule has 0 atom stereocenters. The summed E-state index contributed by atoms with van der Waals surface area (Å²) in [6.45, 7) is 5.58. The zero-order chi connectivity index (χ0) is 12.1. The number of piperazine rings is 1. The number of rotatable bonds is 4. The van der Waals surface area contributed by atoms with Gasteiger partial charge in [-0.3, -0.25) is 9.69 Å². The first-order valence-corrected chi connectivity index (χ1v) is 6.81. The summed E-state index contributed by atoms with van der Waals surface area (Å²) in [5, 5.41) is 0. The fourth-order valence-corrected chi connectivity index (χ4v) is 2.84. The summed E-state index contributed by atoms with van der Waals surface area (Å²) in [5.41, 5.74) is 0. The zero-order valence-electron chi connectivity index (χ0n) is 10.9. The Labute approximate surface area is 104 Å². The van der Waals surface area contributed by atoms with Gasteiger partial charge in [-0.15, -0.1) is 0 Å². The Kier molecular flexibility index (Phi) is 4.80. The van der Waals surface area contributed by atoms with Gasteiger partial charge in [-0.05, 0) is 12.8 Å². The molecule has 0 spiro atoms. The van der Waals surface area contributed by atoms with Crippen LogP contribution in [-0.2, 0) is 9.53 Å². The SMILES string of the molecule is COCCN1CCN(C(=O)C2CCCC2)CC1. The number of hydrogen-bond donors (Lipinski definition) is 0. The van der Waals surface area contributed by atoms with E-state index in [0.29, 0.717) is 11.8 Å². The lowest BCUT2D eigenvalue weighted by atomic mass is 10.1. The molecule has 2 aliphatic rings. The number of carbonyl (C=O) groups is 1. The van der Waals surface area contributed by atoms with Crippen molar-refractivity contribution in [3.05, 3.63) is 0 Å². The lowest BCUT2D eigenvalue weighted by Gasteiger charge is -2.35. The summed E-state index contributed by atoms with van der Waals surface area (Å²) in [6, 6.07) is 0. The molecule has 4 heteroatoms. The highest BCUT2D eigenvalue weighted by Gasteiger charge is 2.29. The highest BCUT2D eigenvalue weighted by Crippen LogP contribution is 2.26. The zero-order valence-corrected chi connectivity index (χ0v) is 10.9. The van der Waals surface area contributed by atoms with E-state index in [9.17, 15) is 4.79 Å². The molecule has 1 saturated heterocycles. The maximum absolute atomic E-state index is 12.2. The molecule has 1 saturated carbocycles. The third-order valence-electron chi connectivity index (χ3n) is 4.00. The van der Waals surface area contributed by atoms with Crippen molar-refractivity contribution in [2.24, 2.45) is 5.92 Å². The summed E-state index contributed by atoms with van der Waals surface area (Å²) in [4.78, 5) is 16.6.